The molecule has 2 unspecified atom stereocenters. The zero-order chi connectivity index (χ0) is 27.9. The maximum Gasteiger partial charge on any atom is 0.415 e. The molecule has 10 heteroatoms. The summed E-state index contributed by atoms with van der Waals surface area (Å²) in [5.74, 6) is -0.500. The number of fused-ring (bicyclic) bond motifs is 2. The van der Waals surface area contributed by atoms with Crippen LogP contribution in [0.25, 0.3) is 11.0 Å². The molecule has 3 fully saturated rings. The second-order valence-corrected chi connectivity index (χ2v) is 11.0. The van der Waals surface area contributed by atoms with Crippen molar-refractivity contribution in [1.82, 2.24) is 20.1 Å². The maximum absolute atomic E-state index is 14.1. The smallest absolute Gasteiger partial charge is 0.415 e. The number of hydrogen-bond donors (Lipinski definition) is 1. The van der Waals surface area contributed by atoms with Crippen LogP contribution in [0.15, 0.2) is 53.2 Å². The van der Waals surface area contributed by atoms with E-state index in [1.54, 1.807) is 34.3 Å². The molecule has 4 heterocycles. The molecule has 3 aliphatic rings. The highest BCUT2D eigenvalue weighted by Gasteiger charge is 2.55. The number of Topliss-reactive ketones (excluding diaryl/α,β-unsaturated/α-hetero) is 1. The highest BCUT2D eigenvalue weighted by molar-refractivity contribution is 6.00. The number of hydrogen-bond acceptors (Lipinski definition) is 7. The van der Waals surface area contributed by atoms with E-state index in [9.17, 15) is 19.2 Å². The van der Waals surface area contributed by atoms with Gasteiger partial charge in [-0.15, -0.1) is 0 Å². The molecule has 6 rings (SSSR count). The summed E-state index contributed by atoms with van der Waals surface area (Å²) in [6.45, 7) is 2.14. The van der Waals surface area contributed by atoms with Gasteiger partial charge in [0.2, 0.25) is 11.8 Å². The summed E-state index contributed by atoms with van der Waals surface area (Å²) in [6, 6.07) is 9.93. The molecule has 208 valence electrons. The van der Waals surface area contributed by atoms with Crippen LogP contribution in [-0.4, -0.2) is 69.2 Å². The minimum atomic E-state index is -1.18. The zero-order valence-corrected chi connectivity index (χ0v) is 22.4. The Hall–Kier alpha value is -4.21. The molecule has 0 radical (unpaired) electrons. The minimum absolute atomic E-state index is 0.0218. The number of ketones is 1. The van der Waals surface area contributed by atoms with E-state index in [0.717, 1.165) is 30.2 Å². The van der Waals surface area contributed by atoms with Crippen LogP contribution >= 0.6 is 0 Å². The molecule has 0 spiro atoms. The third-order valence-electron chi connectivity index (χ3n) is 8.52. The molecule has 2 aromatic heterocycles. The number of aromatic nitrogens is 1. The fourth-order valence-corrected chi connectivity index (χ4v) is 6.53. The van der Waals surface area contributed by atoms with Crippen molar-refractivity contribution in [1.29, 1.82) is 0 Å². The molecule has 0 bridgehead atoms. The summed E-state index contributed by atoms with van der Waals surface area (Å²) >= 11 is 0. The lowest BCUT2D eigenvalue weighted by atomic mass is 9.80. The fraction of sp³-hybridized carbons (Fsp3) is 0.433. The predicted octanol–water partition coefficient (Wildman–Crippen LogP) is 3.55. The quantitative estimate of drug-likeness (QED) is 0.521. The summed E-state index contributed by atoms with van der Waals surface area (Å²) in [6.07, 6.45) is 6.57. The van der Waals surface area contributed by atoms with Crippen molar-refractivity contribution in [2.45, 2.75) is 69.5 Å². The van der Waals surface area contributed by atoms with Crippen LogP contribution in [0.2, 0.25) is 0 Å². The highest BCUT2D eigenvalue weighted by atomic mass is 16.6. The van der Waals surface area contributed by atoms with Gasteiger partial charge in [-0.25, -0.2) is 4.79 Å². The fourth-order valence-electron chi connectivity index (χ4n) is 6.53. The number of aryl methyl sites for hydroxylation is 1. The summed E-state index contributed by atoms with van der Waals surface area (Å²) in [4.78, 5) is 60.9. The van der Waals surface area contributed by atoms with Crippen molar-refractivity contribution in [3.8, 4) is 5.95 Å². The third-order valence-corrected chi connectivity index (χ3v) is 8.52. The number of benzene rings is 1. The van der Waals surface area contributed by atoms with Crippen molar-refractivity contribution < 1.29 is 28.3 Å². The van der Waals surface area contributed by atoms with Crippen molar-refractivity contribution in [2.75, 3.05) is 13.1 Å². The van der Waals surface area contributed by atoms with Gasteiger partial charge in [-0.1, -0.05) is 43.5 Å². The number of ether oxygens (including phenoxy) is 1. The number of likely N-dealkylation sites (tertiary alicyclic amines) is 2. The lowest BCUT2D eigenvalue weighted by Crippen LogP contribution is -2.62. The molecule has 3 aromatic rings. The largest absolute Gasteiger partial charge is 0.425 e. The predicted molar refractivity (Wildman–Crippen MR) is 144 cm³/mol. The Morgan fingerprint density at radius 3 is 2.65 bits per heavy atom. The van der Waals surface area contributed by atoms with Gasteiger partial charge in [0.05, 0.1) is 19.0 Å². The number of furan rings is 1. The monoisotopic (exact) mass is 544 g/mol. The number of amides is 3. The van der Waals surface area contributed by atoms with Crippen molar-refractivity contribution in [3.63, 3.8) is 0 Å². The molecule has 3 amide bonds. The molecule has 1 aromatic carbocycles. The third kappa shape index (κ3) is 4.61. The molecular weight excluding hydrogens is 512 g/mol. The van der Waals surface area contributed by atoms with E-state index < -0.39 is 17.7 Å². The molecule has 10 nitrogen and oxygen atoms in total. The summed E-state index contributed by atoms with van der Waals surface area (Å²) in [5.41, 5.74) is 0.900. The Labute approximate surface area is 231 Å². The number of carbonyl (C=O) groups is 4. The average molecular weight is 545 g/mol. The zero-order valence-electron chi connectivity index (χ0n) is 22.4. The standard InChI is InChI=1S/C30H32N4O6/c1-19-21-9-3-4-10-24(21)39-27(19)40-29(38)32-30(12-5-2-6-13-30)28(37)33-15-11-22-26(33)23(35)18-34(22)25(36)16-20-8-7-14-31-17-20/h3-4,7-10,14,17,22,26H,2,5-6,11-13,15-16,18H2,1H3,(H,32,38). The first-order chi connectivity index (χ1) is 19.4. The van der Waals surface area contributed by atoms with Gasteiger partial charge in [-0.2, -0.15) is 0 Å². The Morgan fingerprint density at radius 1 is 1.10 bits per heavy atom. The van der Waals surface area contributed by atoms with E-state index >= 15 is 0 Å². The molecule has 1 aliphatic carbocycles. The first kappa shape index (κ1) is 26.0. The molecule has 2 aliphatic heterocycles. The molecule has 1 saturated carbocycles. The Balaban J connectivity index is 1.18. The summed E-state index contributed by atoms with van der Waals surface area (Å²) in [7, 11) is 0. The van der Waals surface area contributed by atoms with Gasteiger partial charge in [0.25, 0.3) is 5.95 Å². The Kier molecular flexibility index (Phi) is 6.77. The number of para-hydroxylation sites is 1. The SMILES string of the molecule is Cc1c(OC(=O)NC2(C(=O)N3CCC4C3C(=O)CN4C(=O)Cc3cccnc3)CCCCC2)oc2ccccc12. The van der Waals surface area contributed by atoms with Gasteiger partial charge < -0.3 is 24.3 Å². The van der Waals surface area contributed by atoms with E-state index in [1.165, 1.54) is 0 Å². The number of pyridine rings is 1. The normalized spacial score (nSPS) is 21.9. The highest BCUT2D eigenvalue weighted by Crippen LogP contribution is 2.37. The Bertz CT molecular complexity index is 1460. The van der Waals surface area contributed by atoms with Crippen LogP contribution in [0.3, 0.4) is 0 Å². The average Bonchev–Trinajstić information content (AvgIpc) is 3.63. The molecule has 40 heavy (non-hydrogen) atoms. The lowest BCUT2D eigenvalue weighted by molar-refractivity contribution is -0.143. The second kappa shape index (κ2) is 10.4. The van der Waals surface area contributed by atoms with Crippen LogP contribution in [0.5, 0.6) is 5.95 Å². The second-order valence-electron chi connectivity index (χ2n) is 11.0. The lowest BCUT2D eigenvalue weighted by Gasteiger charge is -2.40. The van der Waals surface area contributed by atoms with Gasteiger partial charge in [0, 0.05) is 29.9 Å². The number of nitrogens with one attached hydrogen (secondary N) is 1. The van der Waals surface area contributed by atoms with E-state index in [-0.39, 0.29) is 42.6 Å². The van der Waals surface area contributed by atoms with Crippen molar-refractivity contribution in [2.24, 2.45) is 0 Å². The van der Waals surface area contributed by atoms with E-state index in [4.69, 9.17) is 9.15 Å². The van der Waals surface area contributed by atoms with Gasteiger partial charge in [-0.3, -0.25) is 19.4 Å². The minimum Gasteiger partial charge on any atom is -0.425 e. The maximum atomic E-state index is 14.1. The molecule has 2 saturated heterocycles. The van der Waals surface area contributed by atoms with E-state index in [0.29, 0.717) is 37.0 Å². The molecule has 1 N–H and O–H groups in total. The Morgan fingerprint density at radius 2 is 1.90 bits per heavy atom. The van der Waals surface area contributed by atoms with Gasteiger partial charge in [-0.05, 0) is 43.9 Å². The number of carbonyl (C=O) groups excluding carboxylic acids is 4. The van der Waals surface area contributed by atoms with E-state index in [2.05, 4.69) is 10.3 Å². The topological polar surface area (TPSA) is 122 Å². The summed E-state index contributed by atoms with van der Waals surface area (Å²) < 4.78 is 11.3. The van der Waals surface area contributed by atoms with Crippen molar-refractivity contribution >= 4 is 34.7 Å². The van der Waals surface area contributed by atoms with Gasteiger partial charge in [0.15, 0.2) is 5.78 Å². The van der Waals surface area contributed by atoms with E-state index in [1.807, 2.05) is 31.2 Å². The van der Waals surface area contributed by atoms with Crippen LogP contribution in [-0.2, 0) is 20.8 Å². The number of rotatable bonds is 5. The van der Waals surface area contributed by atoms with Gasteiger partial charge >= 0.3 is 6.09 Å². The molecular formula is C30H32N4O6. The van der Waals surface area contributed by atoms with Crippen LogP contribution in [0.4, 0.5) is 4.79 Å². The first-order valence-electron chi connectivity index (χ1n) is 13.9. The molecule has 2 atom stereocenters. The van der Waals surface area contributed by atoms with Crippen molar-refractivity contribution in [3.05, 3.63) is 59.9 Å². The van der Waals surface area contributed by atoms with Gasteiger partial charge in [0.1, 0.15) is 17.2 Å². The summed E-state index contributed by atoms with van der Waals surface area (Å²) in [5, 5.41) is 3.73. The van der Waals surface area contributed by atoms with Crippen LogP contribution in [0.1, 0.15) is 49.7 Å². The van der Waals surface area contributed by atoms with Crippen LogP contribution in [0, 0.1) is 6.92 Å². The number of nitrogens with zero attached hydrogens (tertiary/aromatic N) is 3. The van der Waals surface area contributed by atoms with Crippen LogP contribution < -0.4 is 10.1 Å². The first-order valence-corrected chi connectivity index (χ1v) is 13.9.